The number of nitrogens with zero attached hydrogens (tertiary/aromatic N) is 1. The Morgan fingerprint density at radius 1 is 1.23 bits per heavy atom. The number of aromatic nitrogens is 1. The van der Waals surface area contributed by atoms with Crippen LogP contribution in [0.3, 0.4) is 0 Å². The molecule has 0 atom stereocenters. The molecule has 0 aliphatic carbocycles. The molecule has 1 amide bonds. The van der Waals surface area contributed by atoms with Crippen LogP contribution in [0.1, 0.15) is 36.5 Å². The van der Waals surface area contributed by atoms with Crippen molar-refractivity contribution in [1.29, 1.82) is 0 Å². The molecule has 4 heteroatoms. The molecule has 116 valence electrons. The minimum Gasteiger partial charge on any atom is -0.324 e. The Balaban J connectivity index is 2.21. The molecule has 0 spiro atoms. The molecule has 2 rings (SSSR count). The van der Waals surface area contributed by atoms with Gasteiger partial charge in [-0.2, -0.15) is 0 Å². The van der Waals surface area contributed by atoms with Crippen molar-refractivity contribution in [1.82, 2.24) is 4.57 Å². The predicted octanol–water partition coefficient (Wildman–Crippen LogP) is 3.23. The molecule has 0 aliphatic heterocycles. The Hall–Kier alpha value is -2.36. The normalized spacial score (nSPS) is 10.8. The van der Waals surface area contributed by atoms with Gasteiger partial charge in [-0.25, -0.2) is 0 Å². The average molecular weight is 298 g/mol. The first kappa shape index (κ1) is 16.0. The van der Waals surface area contributed by atoms with Crippen molar-refractivity contribution in [2.75, 3.05) is 5.32 Å². The molecule has 1 aromatic carbocycles. The molecule has 1 aromatic heterocycles. The number of carbonyl (C=O) groups is 1. The second-order valence-electron chi connectivity index (χ2n) is 5.91. The van der Waals surface area contributed by atoms with Crippen LogP contribution in [0.4, 0.5) is 5.69 Å². The third-order valence-electron chi connectivity index (χ3n) is 3.66. The lowest BCUT2D eigenvalue weighted by molar-refractivity contribution is -0.116. The van der Waals surface area contributed by atoms with E-state index in [9.17, 15) is 9.59 Å². The van der Waals surface area contributed by atoms with E-state index in [0.29, 0.717) is 5.92 Å². The Morgan fingerprint density at radius 3 is 2.59 bits per heavy atom. The predicted molar refractivity (Wildman–Crippen MR) is 89.3 cm³/mol. The van der Waals surface area contributed by atoms with Crippen LogP contribution in [0.2, 0.25) is 0 Å². The van der Waals surface area contributed by atoms with E-state index >= 15 is 0 Å². The Labute approximate surface area is 130 Å². The number of nitrogens with one attached hydrogen (secondary N) is 1. The van der Waals surface area contributed by atoms with Gasteiger partial charge in [-0.1, -0.05) is 32.0 Å². The number of pyridine rings is 1. The van der Waals surface area contributed by atoms with E-state index in [1.54, 1.807) is 6.20 Å². The van der Waals surface area contributed by atoms with E-state index in [4.69, 9.17) is 0 Å². The van der Waals surface area contributed by atoms with E-state index in [1.165, 1.54) is 10.6 Å². The Bertz CT molecular complexity index is 745. The van der Waals surface area contributed by atoms with E-state index in [2.05, 4.69) is 19.2 Å². The number of rotatable bonds is 4. The number of amides is 1. The zero-order chi connectivity index (χ0) is 16.3. The summed E-state index contributed by atoms with van der Waals surface area (Å²) in [4.78, 5) is 24.1. The van der Waals surface area contributed by atoms with Gasteiger partial charge < -0.3 is 9.88 Å². The summed E-state index contributed by atoms with van der Waals surface area (Å²) in [5.74, 6) is 0.124. The molecule has 4 nitrogen and oxygen atoms in total. The molecule has 0 aliphatic rings. The zero-order valence-corrected chi connectivity index (χ0v) is 13.5. The first-order valence-corrected chi connectivity index (χ1v) is 7.45. The van der Waals surface area contributed by atoms with Gasteiger partial charge in [-0.05, 0) is 42.5 Å². The highest BCUT2D eigenvalue weighted by atomic mass is 16.2. The largest absolute Gasteiger partial charge is 0.324 e. The van der Waals surface area contributed by atoms with Crippen LogP contribution >= 0.6 is 0 Å². The van der Waals surface area contributed by atoms with Gasteiger partial charge in [0.05, 0.1) is 0 Å². The molecule has 22 heavy (non-hydrogen) atoms. The highest BCUT2D eigenvalue weighted by Gasteiger charge is 2.12. The first-order chi connectivity index (χ1) is 10.4. The second kappa shape index (κ2) is 6.60. The van der Waals surface area contributed by atoms with Crippen molar-refractivity contribution in [3.63, 3.8) is 0 Å². The minimum absolute atomic E-state index is 0.0188. The van der Waals surface area contributed by atoms with Crippen molar-refractivity contribution >= 4 is 11.6 Å². The van der Waals surface area contributed by atoms with Gasteiger partial charge in [0.1, 0.15) is 6.54 Å². The quantitative estimate of drug-likeness (QED) is 0.942. The van der Waals surface area contributed by atoms with Gasteiger partial charge in [0.2, 0.25) is 5.91 Å². The van der Waals surface area contributed by atoms with Gasteiger partial charge in [-0.3, -0.25) is 9.59 Å². The lowest BCUT2D eigenvalue weighted by Crippen LogP contribution is -2.27. The number of anilines is 1. The van der Waals surface area contributed by atoms with Gasteiger partial charge in [0.15, 0.2) is 0 Å². The maximum atomic E-state index is 12.3. The molecule has 0 fully saturated rings. The number of hydrogen-bond acceptors (Lipinski definition) is 2. The van der Waals surface area contributed by atoms with Gasteiger partial charge >= 0.3 is 0 Å². The second-order valence-corrected chi connectivity index (χ2v) is 5.91. The average Bonchev–Trinajstić information content (AvgIpc) is 2.44. The molecule has 0 saturated heterocycles. The van der Waals surface area contributed by atoms with Crippen LogP contribution in [0, 0.1) is 13.8 Å². The van der Waals surface area contributed by atoms with Crippen LogP contribution in [-0.4, -0.2) is 10.5 Å². The maximum Gasteiger partial charge on any atom is 0.251 e. The lowest BCUT2D eigenvalue weighted by Gasteiger charge is -2.16. The smallest absolute Gasteiger partial charge is 0.251 e. The Kier molecular flexibility index (Phi) is 4.81. The van der Waals surface area contributed by atoms with Crippen molar-refractivity contribution < 1.29 is 4.79 Å². The molecular weight excluding hydrogens is 276 g/mol. The summed E-state index contributed by atoms with van der Waals surface area (Å²) in [6.45, 7) is 8.03. The lowest BCUT2D eigenvalue weighted by atomic mass is 9.98. The number of para-hydroxylation sites is 1. The summed E-state index contributed by atoms with van der Waals surface area (Å²) in [6.07, 6.45) is 1.65. The fourth-order valence-electron chi connectivity index (χ4n) is 2.41. The van der Waals surface area contributed by atoms with Crippen molar-refractivity contribution in [3.05, 3.63) is 63.6 Å². The fourth-order valence-corrected chi connectivity index (χ4v) is 2.41. The SMILES string of the molecule is Cc1ccn(CC(=O)Nc2c(C)cccc2C(C)C)c(=O)c1. The molecule has 1 N–H and O–H groups in total. The minimum atomic E-state index is -0.192. The van der Waals surface area contributed by atoms with E-state index in [1.807, 2.05) is 38.1 Å². The number of carbonyl (C=O) groups excluding carboxylic acids is 1. The third-order valence-corrected chi connectivity index (χ3v) is 3.66. The molecule has 0 radical (unpaired) electrons. The van der Waals surface area contributed by atoms with E-state index in [-0.39, 0.29) is 18.0 Å². The van der Waals surface area contributed by atoms with Crippen LogP contribution in [-0.2, 0) is 11.3 Å². The molecule has 1 heterocycles. The monoisotopic (exact) mass is 298 g/mol. The fraction of sp³-hybridized carbons (Fsp3) is 0.333. The van der Waals surface area contributed by atoms with Gasteiger partial charge in [-0.15, -0.1) is 0 Å². The van der Waals surface area contributed by atoms with Crippen LogP contribution in [0.15, 0.2) is 41.3 Å². The molecule has 0 bridgehead atoms. The third kappa shape index (κ3) is 3.64. The highest BCUT2D eigenvalue weighted by Crippen LogP contribution is 2.27. The van der Waals surface area contributed by atoms with Crippen LogP contribution < -0.4 is 10.9 Å². The van der Waals surface area contributed by atoms with Crippen LogP contribution in [0.25, 0.3) is 0 Å². The van der Waals surface area contributed by atoms with Crippen molar-refractivity contribution in [3.8, 4) is 0 Å². The van der Waals surface area contributed by atoms with Crippen LogP contribution in [0.5, 0.6) is 0 Å². The molecule has 0 unspecified atom stereocenters. The standard InChI is InChI=1S/C18H22N2O2/c1-12(2)15-7-5-6-14(4)18(15)19-16(21)11-20-9-8-13(3)10-17(20)22/h5-10,12H,11H2,1-4H3,(H,19,21). The molecule has 0 saturated carbocycles. The summed E-state index contributed by atoms with van der Waals surface area (Å²) >= 11 is 0. The topological polar surface area (TPSA) is 51.1 Å². The summed E-state index contributed by atoms with van der Waals surface area (Å²) in [7, 11) is 0. The number of benzene rings is 1. The Morgan fingerprint density at radius 2 is 1.95 bits per heavy atom. The highest BCUT2D eigenvalue weighted by molar-refractivity contribution is 5.92. The summed E-state index contributed by atoms with van der Waals surface area (Å²) in [5, 5.41) is 2.95. The molecule has 2 aromatic rings. The molecular formula is C18H22N2O2. The number of aryl methyl sites for hydroxylation is 2. The summed E-state index contributed by atoms with van der Waals surface area (Å²) < 4.78 is 1.41. The van der Waals surface area contributed by atoms with E-state index < -0.39 is 0 Å². The van der Waals surface area contributed by atoms with E-state index in [0.717, 1.165) is 22.4 Å². The van der Waals surface area contributed by atoms with Crippen molar-refractivity contribution in [2.24, 2.45) is 0 Å². The summed E-state index contributed by atoms with van der Waals surface area (Å²) in [6, 6.07) is 9.33. The van der Waals surface area contributed by atoms with Crippen molar-refractivity contribution in [2.45, 2.75) is 40.2 Å². The summed E-state index contributed by atoms with van der Waals surface area (Å²) in [5.41, 5.74) is 3.70. The number of hydrogen-bond donors (Lipinski definition) is 1. The van der Waals surface area contributed by atoms with Gasteiger partial charge in [0.25, 0.3) is 5.56 Å². The zero-order valence-electron chi connectivity index (χ0n) is 13.5. The van der Waals surface area contributed by atoms with Gasteiger partial charge in [0, 0.05) is 18.0 Å². The first-order valence-electron chi connectivity index (χ1n) is 7.45. The maximum absolute atomic E-state index is 12.3.